The first-order chi connectivity index (χ1) is 13.1. The standard InChI is InChI=1S/C22H24N4O.ClH/c1-22(15-23)12-13-25(16-22)21(27)19-14-26(18-10-6-3-7-11-18)24-20(19)17-8-4-2-5-9-17;/h2-11,14H,12-13,15-16,23H2,1H3;1H. The SMILES string of the molecule is CC1(CN)CCN(C(=O)c2cn(-c3ccccc3)nc2-c2ccccc2)C1.Cl. The minimum Gasteiger partial charge on any atom is -0.338 e. The average Bonchev–Trinajstić information content (AvgIpc) is 3.34. The minimum atomic E-state index is -0.00199. The van der Waals surface area contributed by atoms with Crippen molar-refractivity contribution >= 4 is 18.3 Å². The van der Waals surface area contributed by atoms with Gasteiger partial charge in [0.15, 0.2) is 0 Å². The number of aromatic nitrogens is 2. The summed E-state index contributed by atoms with van der Waals surface area (Å²) in [7, 11) is 0. The minimum absolute atomic E-state index is 0. The maximum absolute atomic E-state index is 13.3. The van der Waals surface area contributed by atoms with Crippen LogP contribution < -0.4 is 5.73 Å². The number of benzene rings is 2. The van der Waals surface area contributed by atoms with Crippen LogP contribution in [0.5, 0.6) is 0 Å². The molecule has 5 nitrogen and oxygen atoms in total. The van der Waals surface area contributed by atoms with E-state index < -0.39 is 0 Å². The molecule has 2 aromatic carbocycles. The normalized spacial score (nSPS) is 18.7. The van der Waals surface area contributed by atoms with Gasteiger partial charge in [-0.25, -0.2) is 4.68 Å². The van der Waals surface area contributed by atoms with Crippen molar-refractivity contribution in [1.29, 1.82) is 0 Å². The molecule has 2 N–H and O–H groups in total. The number of nitrogens with zero attached hydrogens (tertiary/aromatic N) is 3. The summed E-state index contributed by atoms with van der Waals surface area (Å²) in [4.78, 5) is 15.2. The molecule has 1 saturated heterocycles. The Morgan fingerprint density at radius 3 is 2.36 bits per heavy atom. The molecule has 0 spiro atoms. The van der Waals surface area contributed by atoms with Gasteiger partial charge in [0, 0.05) is 24.8 Å². The summed E-state index contributed by atoms with van der Waals surface area (Å²) in [6.45, 7) is 4.15. The second kappa shape index (κ2) is 8.17. The molecule has 28 heavy (non-hydrogen) atoms. The second-order valence-corrected chi connectivity index (χ2v) is 7.53. The van der Waals surface area contributed by atoms with Crippen molar-refractivity contribution in [2.75, 3.05) is 19.6 Å². The molecule has 0 aliphatic carbocycles. The molecule has 146 valence electrons. The van der Waals surface area contributed by atoms with Crippen LogP contribution >= 0.6 is 12.4 Å². The van der Waals surface area contributed by atoms with Gasteiger partial charge in [-0.05, 0) is 30.5 Å². The second-order valence-electron chi connectivity index (χ2n) is 7.53. The van der Waals surface area contributed by atoms with Crippen LogP contribution in [0, 0.1) is 5.41 Å². The third-order valence-electron chi connectivity index (χ3n) is 5.35. The van der Waals surface area contributed by atoms with E-state index in [9.17, 15) is 4.79 Å². The summed E-state index contributed by atoms with van der Waals surface area (Å²) in [5.74, 6) is 0.0215. The number of amides is 1. The number of rotatable bonds is 4. The van der Waals surface area contributed by atoms with Crippen LogP contribution in [0.2, 0.25) is 0 Å². The molecular weight excluding hydrogens is 372 g/mol. The van der Waals surface area contributed by atoms with Crippen LogP contribution in [-0.2, 0) is 0 Å². The van der Waals surface area contributed by atoms with Crippen LogP contribution in [0.15, 0.2) is 66.9 Å². The zero-order valence-electron chi connectivity index (χ0n) is 15.9. The highest BCUT2D eigenvalue weighted by Crippen LogP contribution is 2.31. The summed E-state index contributed by atoms with van der Waals surface area (Å²) in [5, 5.41) is 4.74. The van der Waals surface area contributed by atoms with E-state index in [1.54, 1.807) is 4.68 Å². The van der Waals surface area contributed by atoms with Gasteiger partial charge in [0.1, 0.15) is 5.69 Å². The van der Waals surface area contributed by atoms with Gasteiger partial charge >= 0.3 is 0 Å². The highest BCUT2D eigenvalue weighted by atomic mass is 35.5. The van der Waals surface area contributed by atoms with Crippen LogP contribution in [-0.4, -0.2) is 40.2 Å². The molecule has 3 aromatic rings. The molecule has 1 atom stereocenters. The molecule has 4 rings (SSSR count). The lowest BCUT2D eigenvalue weighted by Crippen LogP contribution is -2.34. The van der Waals surface area contributed by atoms with Gasteiger partial charge in [-0.3, -0.25) is 4.79 Å². The van der Waals surface area contributed by atoms with Crippen molar-refractivity contribution in [3.63, 3.8) is 0 Å². The summed E-state index contributed by atoms with van der Waals surface area (Å²) in [6.07, 6.45) is 2.78. The maximum atomic E-state index is 13.3. The Balaban J connectivity index is 0.00000225. The van der Waals surface area contributed by atoms with Crippen molar-refractivity contribution in [1.82, 2.24) is 14.7 Å². The van der Waals surface area contributed by atoms with Crippen molar-refractivity contribution < 1.29 is 4.79 Å². The Hall–Kier alpha value is -2.63. The molecule has 1 amide bonds. The van der Waals surface area contributed by atoms with Gasteiger partial charge in [-0.1, -0.05) is 55.5 Å². The number of hydrogen-bond donors (Lipinski definition) is 1. The molecule has 0 bridgehead atoms. The molecule has 0 radical (unpaired) electrons. The van der Waals surface area contributed by atoms with Crippen molar-refractivity contribution in [2.45, 2.75) is 13.3 Å². The molecule has 1 unspecified atom stereocenters. The molecule has 0 saturated carbocycles. The van der Waals surface area contributed by atoms with E-state index >= 15 is 0 Å². The highest BCUT2D eigenvalue weighted by molar-refractivity contribution is 6.00. The van der Waals surface area contributed by atoms with E-state index in [1.807, 2.05) is 71.8 Å². The number of carbonyl (C=O) groups is 1. The fraction of sp³-hybridized carbons (Fsp3) is 0.273. The smallest absolute Gasteiger partial charge is 0.257 e. The number of carbonyl (C=O) groups excluding carboxylic acids is 1. The Labute approximate surface area is 171 Å². The lowest BCUT2D eigenvalue weighted by molar-refractivity contribution is 0.0777. The molecule has 6 heteroatoms. The number of para-hydroxylation sites is 1. The average molecular weight is 397 g/mol. The third kappa shape index (κ3) is 3.81. The topological polar surface area (TPSA) is 64.2 Å². The zero-order chi connectivity index (χ0) is 18.9. The maximum Gasteiger partial charge on any atom is 0.257 e. The lowest BCUT2D eigenvalue weighted by atomic mass is 9.90. The monoisotopic (exact) mass is 396 g/mol. The summed E-state index contributed by atoms with van der Waals surface area (Å²) in [5.41, 5.74) is 9.13. The molecule has 1 fully saturated rings. The van der Waals surface area contributed by atoms with E-state index in [2.05, 4.69) is 6.92 Å². The molecule has 1 aromatic heterocycles. The van der Waals surface area contributed by atoms with Crippen molar-refractivity contribution in [3.8, 4) is 16.9 Å². The van der Waals surface area contributed by atoms with E-state index in [-0.39, 0.29) is 23.7 Å². The van der Waals surface area contributed by atoms with E-state index in [0.717, 1.165) is 24.2 Å². The predicted octanol–water partition coefficient (Wildman–Crippen LogP) is 3.77. The molecular formula is C22H25ClN4O. The molecule has 1 aliphatic heterocycles. The highest BCUT2D eigenvalue weighted by Gasteiger charge is 2.36. The molecule has 1 aliphatic rings. The van der Waals surface area contributed by atoms with Crippen molar-refractivity contribution in [3.05, 3.63) is 72.4 Å². The third-order valence-corrected chi connectivity index (χ3v) is 5.35. The quantitative estimate of drug-likeness (QED) is 0.730. The van der Waals surface area contributed by atoms with Crippen LogP contribution in [0.4, 0.5) is 0 Å². The van der Waals surface area contributed by atoms with Gasteiger partial charge < -0.3 is 10.6 Å². The number of nitrogens with two attached hydrogens (primary N) is 1. The van der Waals surface area contributed by atoms with Gasteiger partial charge in [-0.2, -0.15) is 5.10 Å². The van der Waals surface area contributed by atoms with Gasteiger partial charge in [-0.15, -0.1) is 12.4 Å². The number of likely N-dealkylation sites (tertiary alicyclic amines) is 1. The first-order valence-electron chi connectivity index (χ1n) is 9.29. The Kier molecular flexibility index (Phi) is 5.87. The van der Waals surface area contributed by atoms with Gasteiger partial charge in [0.25, 0.3) is 5.91 Å². The number of hydrogen-bond acceptors (Lipinski definition) is 3. The Morgan fingerprint density at radius 1 is 1.11 bits per heavy atom. The zero-order valence-corrected chi connectivity index (χ0v) is 16.7. The lowest BCUT2D eigenvalue weighted by Gasteiger charge is -2.22. The molecule has 2 heterocycles. The fourth-order valence-corrected chi connectivity index (χ4v) is 3.59. The van der Waals surface area contributed by atoms with Gasteiger partial charge in [0.05, 0.1) is 11.3 Å². The summed E-state index contributed by atoms with van der Waals surface area (Å²) < 4.78 is 1.79. The summed E-state index contributed by atoms with van der Waals surface area (Å²) in [6, 6.07) is 19.7. The van der Waals surface area contributed by atoms with Crippen LogP contribution in [0.1, 0.15) is 23.7 Å². The van der Waals surface area contributed by atoms with E-state index in [0.29, 0.717) is 24.3 Å². The predicted molar refractivity (Wildman–Crippen MR) is 114 cm³/mol. The van der Waals surface area contributed by atoms with Crippen LogP contribution in [0.25, 0.3) is 16.9 Å². The van der Waals surface area contributed by atoms with E-state index in [4.69, 9.17) is 10.8 Å². The van der Waals surface area contributed by atoms with Crippen molar-refractivity contribution in [2.24, 2.45) is 11.1 Å². The Morgan fingerprint density at radius 2 is 1.75 bits per heavy atom. The largest absolute Gasteiger partial charge is 0.338 e. The van der Waals surface area contributed by atoms with Crippen LogP contribution in [0.3, 0.4) is 0 Å². The number of halogens is 1. The first-order valence-corrected chi connectivity index (χ1v) is 9.29. The fourth-order valence-electron chi connectivity index (χ4n) is 3.59. The summed E-state index contributed by atoms with van der Waals surface area (Å²) >= 11 is 0. The van der Waals surface area contributed by atoms with E-state index in [1.165, 1.54) is 0 Å². The van der Waals surface area contributed by atoms with Gasteiger partial charge in [0.2, 0.25) is 0 Å². The Bertz CT molecular complexity index is 942. The first kappa shape index (κ1) is 20.1.